The molecule has 0 aliphatic carbocycles. The molecule has 1 rings (SSSR count). The Morgan fingerprint density at radius 3 is 2.68 bits per heavy atom. The summed E-state index contributed by atoms with van der Waals surface area (Å²) in [6.45, 7) is 2.04. The zero-order chi connectivity index (χ0) is 14.1. The maximum absolute atomic E-state index is 11.2. The molecule has 1 aromatic carbocycles. The smallest absolute Gasteiger partial charge is 0.258 e. The first kappa shape index (κ1) is 15.0. The van der Waals surface area contributed by atoms with E-state index in [0.29, 0.717) is 11.8 Å². The Hall–Kier alpha value is -2.06. The average Bonchev–Trinajstić information content (AvgIpc) is 2.44. The summed E-state index contributed by atoms with van der Waals surface area (Å²) < 4.78 is 5.31. The third-order valence-electron chi connectivity index (χ3n) is 2.69. The lowest BCUT2D eigenvalue weighted by molar-refractivity contribution is -0.122. The summed E-state index contributed by atoms with van der Waals surface area (Å²) in [5.74, 6) is 0.349. The normalized spacial score (nSPS) is 11.4. The third kappa shape index (κ3) is 5.89. The maximum atomic E-state index is 11.2. The standard InChI is InChI=1S/C14H19N3O2/c1-11(16-2)9-12-3-5-13(6-4-12)19-10-14(18)17-8-7-15/h3-6,11,16H,8-10H2,1-2H3,(H,17,18). The molecular weight excluding hydrogens is 242 g/mol. The van der Waals surface area contributed by atoms with Crippen LogP contribution in [0.1, 0.15) is 12.5 Å². The van der Waals surface area contributed by atoms with E-state index in [1.165, 1.54) is 5.56 Å². The van der Waals surface area contributed by atoms with Crippen LogP contribution in [0.4, 0.5) is 0 Å². The number of hydrogen-bond donors (Lipinski definition) is 2. The number of nitrogens with zero attached hydrogens (tertiary/aromatic N) is 1. The Balaban J connectivity index is 2.40. The van der Waals surface area contributed by atoms with Crippen molar-refractivity contribution >= 4 is 5.91 Å². The Morgan fingerprint density at radius 2 is 2.11 bits per heavy atom. The molecule has 0 bridgehead atoms. The van der Waals surface area contributed by atoms with Gasteiger partial charge in [0.15, 0.2) is 6.61 Å². The number of benzene rings is 1. The SMILES string of the molecule is CNC(C)Cc1ccc(OCC(=O)NCC#N)cc1. The lowest BCUT2D eigenvalue weighted by Gasteiger charge is -2.11. The van der Waals surface area contributed by atoms with Crippen molar-refractivity contribution in [3.05, 3.63) is 29.8 Å². The van der Waals surface area contributed by atoms with Gasteiger partial charge in [-0.05, 0) is 38.1 Å². The molecular formula is C14H19N3O2. The maximum Gasteiger partial charge on any atom is 0.258 e. The fraction of sp³-hybridized carbons (Fsp3) is 0.429. The molecule has 0 spiro atoms. The van der Waals surface area contributed by atoms with Crippen molar-refractivity contribution in [1.82, 2.24) is 10.6 Å². The number of ether oxygens (including phenoxy) is 1. The second-order valence-electron chi connectivity index (χ2n) is 4.26. The molecule has 19 heavy (non-hydrogen) atoms. The molecule has 1 unspecified atom stereocenters. The van der Waals surface area contributed by atoms with Gasteiger partial charge in [-0.3, -0.25) is 4.79 Å². The van der Waals surface area contributed by atoms with Gasteiger partial charge < -0.3 is 15.4 Å². The van der Waals surface area contributed by atoms with E-state index in [1.54, 1.807) is 0 Å². The van der Waals surface area contributed by atoms with Crippen molar-refractivity contribution in [2.75, 3.05) is 20.2 Å². The molecule has 2 N–H and O–H groups in total. The average molecular weight is 261 g/mol. The fourth-order valence-electron chi connectivity index (χ4n) is 1.52. The van der Waals surface area contributed by atoms with Gasteiger partial charge in [0.2, 0.25) is 0 Å². The van der Waals surface area contributed by atoms with Crippen molar-refractivity contribution < 1.29 is 9.53 Å². The zero-order valence-electron chi connectivity index (χ0n) is 11.3. The first-order chi connectivity index (χ1) is 9.15. The summed E-state index contributed by atoms with van der Waals surface area (Å²) in [4.78, 5) is 11.2. The number of hydrogen-bond acceptors (Lipinski definition) is 4. The Bertz CT molecular complexity index is 437. The van der Waals surface area contributed by atoms with Gasteiger partial charge in [-0.1, -0.05) is 12.1 Å². The minimum atomic E-state index is -0.297. The molecule has 1 atom stereocenters. The molecule has 0 aliphatic heterocycles. The van der Waals surface area contributed by atoms with Crippen LogP contribution >= 0.6 is 0 Å². The van der Waals surface area contributed by atoms with Crippen LogP contribution in [0.15, 0.2) is 24.3 Å². The summed E-state index contributed by atoms with van der Waals surface area (Å²) in [7, 11) is 1.93. The van der Waals surface area contributed by atoms with Crippen LogP contribution in [0.2, 0.25) is 0 Å². The van der Waals surface area contributed by atoms with E-state index in [1.807, 2.05) is 37.4 Å². The quantitative estimate of drug-likeness (QED) is 0.714. The molecule has 0 aliphatic rings. The Morgan fingerprint density at radius 1 is 1.42 bits per heavy atom. The van der Waals surface area contributed by atoms with E-state index in [4.69, 9.17) is 10.00 Å². The predicted molar refractivity (Wildman–Crippen MR) is 72.8 cm³/mol. The lowest BCUT2D eigenvalue weighted by Crippen LogP contribution is -2.29. The minimum Gasteiger partial charge on any atom is -0.484 e. The number of rotatable bonds is 7. The van der Waals surface area contributed by atoms with Crippen molar-refractivity contribution in [1.29, 1.82) is 5.26 Å². The third-order valence-corrected chi connectivity index (χ3v) is 2.69. The molecule has 1 aromatic rings. The highest BCUT2D eigenvalue weighted by Crippen LogP contribution is 2.13. The van der Waals surface area contributed by atoms with Gasteiger partial charge in [0.25, 0.3) is 5.91 Å². The van der Waals surface area contributed by atoms with Crippen LogP contribution < -0.4 is 15.4 Å². The number of amides is 1. The molecule has 1 amide bonds. The van der Waals surface area contributed by atoms with Gasteiger partial charge in [-0.2, -0.15) is 5.26 Å². The largest absolute Gasteiger partial charge is 0.484 e. The van der Waals surface area contributed by atoms with Gasteiger partial charge in [0, 0.05) is 6.04 Å². The van der Waals surface area contributed by atoms with Crippen LogP contribution in [-0.2, 0) is 11.2 Å². The summed E-state index contributed by atoms with van der Waals surface area (Å²) in [5, 5.41) is 13.9. The van der Waals surface area contributed by atoms with Crippen molar-refractivity contribution in [2.24, 2.45) is 0 Å². The molecule has 0 radical (unpaired) electrons. The Labute approximate surface area is 113 Å². The molecule has 0 aromatic heterocycles. The monoisotopic (exact) mass is 261 g/mol. The van der Waals surface area contributed by atoms with E-state index in [0.717, 1.165) is 6.42 Å². The summed E-state index contributed by atoms with van der Waals surface area (Å²) in [6.07, 6.45) is 0.944. The second-order valence-corrected chi connectivity index (χ2v) is 4.26. The number of carbonyl (C=O) groups is 1. The second kappa shape index (κ2) is 8.11. The van der Waals surface area contributed by atoms with Crippen LogP contribution in [0.3, 0.4) is 0 Å². The molecule has 0 heterocycles. The van der Waals surface area contributed by atoms with Gasteiger partial charge in [0.1, 0.15) is 12.3 Å². The Kier molecular flexibility index (Phi) is 6.41. The van der Waals surface area contributed by atoms with Crippen molar-refractivity contribution in [3.8, 4) is 11.8 Å². The molecule has 0 saturated heterocycles. The summed E-state index contributed by atoms with van der Waals surface area (Å²) in [5.41, 5.74) is 1.21. The number of nitrogens with one attached hydrogen (secondary N) is 2. The minimum absolute atomic E-state index is 0.00301. The molecule has 5 nitrogen and oxygen atoms in total. The van der Waals surface area contributed by atoms with Crippen molar-refractivity contribution in [3.63, 3.8) is 0 Å². The number of nitriles is 1. The van der Waals surface area contributed by atoms with Gasteiger partial charge in [-0.15, -0.1) is 0 Å². The first-order valence-corrected chi connectivity index (χ1v) is 6.18. The summed E-state index contributed by atoms with van der Waals surface area (Å²) in [6, 6.07) is 9.90. The number of carbonyl (C=O) groups excluding carboxylic acids is 1. The lowest BCUT2D eigenvalue weighted by atomic mass is 10.1. The van der Waals surface area contributed by atoms with Crippen LogP contribution in [0, 0.1) is 11.3 Å². The van der Waals surface area contributed by atoms with Gasteiger partial charge in [-0.25, -0.2) is 0 Å². The predicted octanol–water partition coefficient (Wildman–Crippen LogP) is 0.856. The molecule has 0 saturated carbocycles. The van der Waals surface area contributed by atoms with Crippen LogP contribution in [0.25, 0.3) is 0 Å². The van der Waals surface area contributed by atoms with E-state index in [2.05, 4.69) is 17.6 Å². The summed E-state index contributed by atoms with van der Waals surface area (Å²) >= 11 is 0. The van der Waals surface area contributed by atoms with E-state index < -0.39 is 0 Å². The highest BCUT2D eigenvalue weighted by atomic mass is 16.5. The van der Waals surface area contributed by atoms with Crippen LogP contribution in [0.5, 0.6) is 5.75 Å². The fourth-order valence-corrected chi connectivity index (χ4v) is 1.52. The van der Waals surface area contributed by atoms with Crippen molar-refractivity contribution in [2.45, 2.75) is 19.4 Å². The topological polar surface area (TPSA) is 74.2 Å². The number of likely N-dealkylation sites (N-methyl/N-ethyl adjacent to an activating group) is 1. The van der Waals surface area contributed by atoms with Crippen LogP contribution in [-0.4, -0.2) is 32.1 Å². The first-order valence-electron chi connectivity index (χ1n) is 6.18. The molecule has 102 valence electrons. The molecule has 0 fully saturated rings. The highest BCUT2D eigenvalue weighted by molar-refractivity contribution is 5.77. The van der Waals surface area contributed by atoms with E-state index >= 15 is 0 Å². The highest BCUT2D eigenvalue weighted by Gasteiger charge is 2.03. The molecule has 5 heteroatoms. The van der Waals surface area contributed by atoms with Gasteiger partial charge in [0.05, 0.1) is 6.07 Å². The van der Waals surface area contributed by atoms with Gasteiger partial charge >= 0.3 is 0 Å². The van der Waals surface area contributed by atoms with E-state index in [-0.39, 0.29) is 19.1 Å². The zero-order valence-corrected chi connectivity index (χ0v) is 11.3. The van der Waals surface area contributed by atoms with E-state index in [9.17, 15) is 4.79 Å².